The van der Waals surface area contributed by atoms with E-state index in [9.17, 15) is 4.79 Å². The van der Waals surface area contributed by atoms with Crippen molar-refractivity contribution >= 4 is 15.9 Å². The Bertz CT molecular complexity index is 168. The summed E-state index contributed by atoms with van der Waals surface area (Å²) < 4.78 is 10.3. The summed E-state index contributed by atoms with van der Waals surface area (Å²) >= 11 is 0. The van der Waals surface area contributed by atoms with Crippen molar-refractivity contribution in [3.8, 4) is 0 Å². The molecular formula is C9H21NO3Si. The van der Waals surface area contributed by atoms with Crippen LogP contribution in [0.5, 0.6) is 0 Å². The van der Waals surface area contributed by atoms with E-state index in [2.05, 4.69) is 5.32 Å². The molecule has 1 amide bonds. The Morgan fingerprint density at radius 1 is 1.43 bits per heavy atom. The number of hydrogen-bond acceptors (Lipinski definition) is 3. The molecule has 0 aliphatic rings. The normalized spacial score (nSPS) is 12.0. The molecule has 0 unspecified atom stereocenters. The first-order valence-corrected chi connectivity index (χ1v) is 6.58. The largest absolute Gasteiger partial charge is 0.450 e. The molecule has 0 spiro atoms. The van der Waals surface area contributed by atoms with Crippen LogP contribution < -0.4 is 5.32 Å². The van der Waals surface area contributed by atoms with Gasteiger partial charge in [-0.1, -0.05) is 0 Å². The minimum Gasteiger partial charge on any atom is -0.450 e. The summed E-state index contributed by atoms with van der Waals surface area (Å²) in [5.41, 5.74) is -0.0455. The number of alkyl carbamates (subject to hydrolysis) is 1. The minimum atomic E-state index is -0.520. The maximum absolute atomic E-state index is 10.8. The van der Waals surface area contributed by atoms with Gasteiger partial charge in [0.1, 0.15) is 0 Å². The molecule has 0 fully saturated rings. The molecule has 0 saturated heterocycles. The molecule has 4 nitrogen and oxygen atoms in total. The molecule has 1 N–H and O–H groups in total. The lowest BCUT2D eigenvalue weighted by Gasteiger charge is -2.19. The third-order valence-corrected chi connectivity index (χ3v) is 3.11. The lowest BCUT2D eigenvalue weighted by Crippen LogP contribution is -2.28. The van der Waals surface area contributed by atoms with Crippen molar-refractivity contribution in [2.24, 2.45) is 0 Å². The smallest absolute Gasteiger partial charge is 0.407 e. The van der Waals surface area contributed by atoms with Crippen LogP contribution in [-0.4, -0.2) is 34.6 Å². The van der Waals surface area contributed by atoms with Crippen molar-refractivity contribution in [3.05, 3.63) is 0 Å². The molecule has 5 heteroatoms. The van der Waals surface area contributed by atoms with Crippen LogP contribution >= 0.6 is 0 Å². The highest BCUT2D eigenvalue weighted by Gasteiger charge is 2.08. The molecular weight excluding hydrogens is 198 g/mol. The average Bonchev–Trinajstić information content (AvgIpc) is 2.02. The van der Waals surface area contributed by atoms with E-state index in [0.29, 0.717) is 13.2 Å². The van der Waals surface area contributed by atoms with Crippen LogP contribution in [-0.2, 0) is 9.16 Å². The molecule has 0 aromatic rings. The second-order valence-corrected chi connectivity index (χ2v) is 5.37. The Balaban J connectivity index is 3.26. The van der Waals surface area contributed by atoms with Crippen LogP contribution in [0.25, 0.3) is 0 Å². The van der Waals surface area contributed by atoms with E-state index < -0.39 is 9.76 Å². The number of rotatable bonds is 5. The number of hydrogen-bond donors (Lipinski definition) is 1. The maximum atomic E-state index is 10.8. The highest BCUT2D eigenvalue weighted by molar-refractivity contribution is 6.27. The van der Waals surface area contributed by atoms with Gasteiger partial charge in [0.25, 0.3) is 0 Å². The summed E-state index contributed by atoms with van der Waals surface area (Å²) in [5, 5.41) is 2.66. The van der Waals surface area contributed by atoms with Gasteiger partial charge in [-0.3, -0.25) is 0 Å². The van der Waals surface area contributed by atoms with Gasteiger partial charge < -0.3 is 14.5 Å². The van der Waals surface area contributed by atoms with E-state index in [4.69, 9.17) is 9.16 Å². The molecule has 0 bridgehead atoms. The Kier molecular flexibility index (Phi) is 6.57. The molecule has 0 heterocycles. The first-order chi connectivity index (χ1) is 6.45. The number of nitrogens with one attached hydrogen (secondary N) is 1. The lowest BCUT2D eigenvalue weighted by atomic mass is 10.2. The molecule has 14 heavy (non-hydrogen) atoms. The summed E-state index contributed by atoms with van der Waals surface area (Å²) in [6, 6.07) is 0.941. The monoisotopic (exact) mass is 219 g/mol. The van der Waals surface area contributed by atoms with Crippen molar-refractivity contribution in [2.75, 3.05) is 13.2 Å². The zero-order chi connectivity index (χ0) is 11.0. The van der Waals surface area contributed by atoms with Crippen LogP contribution in [0.2, 0.25) is 6.04 Å². The molecule has 0 aliphatic heterocycles. The molecule has 0 aromatic carbocycles. The zero-order valence-electron chi connectivity index (χ0n) is 9.55. The Labute approximate surface area is 88.3 Å². The summed E-state index contributed by atoms with van der Waals surface area (Å²) in [7, 11) is -0.520. The van der Waals surface area contributed by atoms with Gasteiger partial charge in [0.05, 0.1) is 6.61 Å². The van der Waals surface area contributed by atoms with Gasteiger partial charge in [0.15, 0.2) is 9.76 Å². The predicted molar refractivity (Wildman–Crippen MR) is 59.2 cm³/mol. The second-order valence-electron chi connectivity index (χ2n) is 3.96. The quantitative estimate of drug-likeness (QED) is 0.555. The SMILES string of the molecule is CCOC(=O)NCC[SiH2]OC(C)(C)C. The van der Waals surface area contributed by atoms with Gasteiger partial charge >= 0.3 is 6.09 Å². The first-order valence-electron chi connectivity index (χ1n) is 5.00. The molecule has 0 aromatic heterocycles. The molecule has 0 saturated carbocycles. The molecule has 0 aliphatic carbocycles. The highest BCUT2D eigenvalue weighted by atomic mass is 28.2. The van der Waals surface area contributed by atoms with Gasteiger partial charge in [-0.15, -0.1) is 0 Å². The molecule has 0 radical (unpaired) electrons. The van der Waals surface area contributed by atoms with Gasteiger partial charge in [-0.25, -0.2) is 4.79 Å². The number of carbonyl (C=O) groups is 1. The molecule has 0 rings (SSSR count). The van der Waals surface area contributed by atoms with Gasteiger partial charge in [-0.2, -0.15) is 0 Å². The van der Waals surface area contributed by atoms with Gasteiger partial charge in [-0.05, 0) is 33.7 Å². The number of amides is 1. The fourth-order valence-corrected chi connectivity index (χ4v) is 1.90. The second kappa shape index (κ2) is 6.84. The topological polar surface area (TPSA) is 47.6 Å². The van der Waals surface area contributed by atoms with E-state index in [-0.39, 0.29) is 11.7 Å². The van der Waals surface area contributed by atoms with E-state index in [0.717, 1.165) is 6.04 Å². The average molecular weight is 219 g/mol. The van der Waals surface area contributed by atoms with Crippen LogP contribution in [0.1, 0.15) is 27.7 Å². The zero-order valence-corrected chi connectivity index (χ0v) is 11.0. The lowest BCUT2D eigenvalue weighted by molar-refractivity contribution is 0.137. The van der Waals surface area contributed by atoms with Gasteiger partial charge in [0, 0.05) is 12.1 Å². The molecule has 84 valence electrons. The summed E-state index contributed by atoms with van der Waals surface area (Å²) in [6.45, 7) is 8.98. The van der Waals surface area contributed by atoms with Crippen molar-refractivity contribution in [1.29, 1.82) is 0 Å². The van der Waals surface area contributed by atoms with E-state index in [1.807, 2.05) is 20.8 Å². The Morgan fingerprint density at radius 2 is 2.07 bits per heavy atom. The minimum absolute atomic E-state index is 0.0455. The fraction of sp³-hybridized carbons (Fsp3) is 0.889. The van der Waals surface area contributed by atoms with Crippen LogP contribution in [0, 0.1) is 0 Å². The van der Waals surface area contributed by atoms with Crippen molar-refractivity contribution < 1.29 is 14.0 Å². The van der Waals surface area contributed by atoms with E-state index in [1.54, 1.807) is 6.92 Å². The summed E-state index contributed by atoms with van der Waals surface area (Å²) in [4.78, 5) is 10.8. The highest BCUT2D eigenvalue weighted by Crippen LogP contribution is 2.05. The maximum Gasteiger partial charge on any atom is 0.407 e. The predicted octanol–water partition coefficient (Wildman–Crippen LogP) is 1.05. The first kappa shape index (κ1) is 13.4. The van der Waals surface area contributed by atoms with Gasteiger partial charge in [0.2, 0.25) is 0 Å². The summed E-state index contributed by atoms with van der Waals surface area (Å²) in [5.74, 6) is 0. The number of ether oxygens (including phenoxy) is 1. The van der Waals surface area contributed by atoms with E-state index in [1.165, 1.54) is 0 Å². The van der Waals surface area contributed by atoms with Crippen molar-refractivity contribution in [3.63, 3.8) is 0 Å². The Hall–Kier alpha value is -0.553. The standard InChI is InChI=1S/C9H21NO3Si/c1-5-12-8(11)10-6-7-14-13-9(2,3)4/h5-7,14H2,1-4H3,(H,10,11). The van der Waals surface area contributed by atoms with Crippen LogP contribution in [0.4, 0.5) is 4.79 Å². The fourth-order valence-electron chi connectivity index (χ4n) is 0.823. The summed E-state index contributed by atoms with van der Waals surface area (Å²) in [6.07, 6.45) is -0.336. The number of carbonyl (C=O) groups excluding carboxylic acids is 1. The Morgan fingerprint density at radius 3 is 2.57 bits per heavy atom. The third kappa shape index (κ3) is 9.53. The third-order valence-electron chi connectivity index (χ3n) is 1.40. The molecule has 0 atom stereocenters. The van der Waals surface area contributed by atoms with Crippen LogP contribution in [0.15, 0.2) is 0 Å². The van der Waals surface area contributed by atoms with Crippen LogP contribution in [0.3, 0.4) is 0 Å². The van der Waals surface area contributed by atoms with E-state index >= 15 is 0 Å². The van der Waals surface area contributed by atoms with Crippen molar-refractivity contribution in [2.45, 2.75) is 39.3 Å². The van der Waals surface area contributed by atoms with Crippen molar-refractivity contribution in [1.82, 2.24) is 5.32 Å².